The van der Waals surface area contributed by atoms with Gasteiger partial charge in [-0.15, -0.1) is 0 Å². The number of pyridine rings is 1. The lowest BCUT2D eigenvalue weighted by atomic mass is 9.92. The third-order valence-corrected chi connectivity index (χ3v) is 4.57. The lowest BCUT2D eigenvalue weighted by Crippen LogP contribution is -2.02. The lowest BCUT2D eigenvalue weighted by molar-refractivity contribution is 0.281. The van der Waals surface area contributed by atoms with Crippen LogP contribution in [0.3, 0.4) is 0 Å². The second-order valence-electron chi connectivity index (χ2n) is 6.10. The van der Waals surface area contributed by atoms with Gasteiger partial charge >= 0.3 is 0 Å². The number of aliphatic hydroxyl groups excluding tert-OH is 1. The van der Waals surface area contributed by atoms with Gasteiger partial charge in [0.15, 0.2) is 0 Å². The topological polar surface area (TPSA) is 66.1 Å². The number of aliphatic hydroxyl groups is 1. The van der Waals surface area contributed by atoms with Gasteiger partial charge < -0.3 is 9.84 Å². The van der Waals surface area contributed by atoms with Crippen LogP contribution in [0.25, 0.3) is 11.1 Å². The van der Waals surface area contributed by atoms with Crippen molar-refractivity contribution >= 4 is 0 Å². The first-order valence-corrected chi connectivity index (χ1v) is 8.42. The van der Waals surface area contributed by atoms with Crippen molar-refractivity contribution in [3.63, 3.8) is 0 Å². The Labute approximate surface area is 153 Å². The molecule has 0 amide bonds. The number of aromatic nitrogens is 1. The van der Waals surface area contributed by atoms with Crippen LogP contribution in [0.5, 0.6) is 5.88 Å². The number of hydrogen-bond acceptors (Lipinski definition) is 4. The van der Waals surface area contributed by atoms with Crippen LogP contribution in [-0.4, -0.2) is 10.1 Å². The van der Waals surface area contributed by atoms with Crippen molar-refractivity contribution in [2.45, 2.75) is 27.1 Å². The van der Waals surface area contributed by atoms with Crippen molar-refractivity contribution in [3.8, 4) is 23.1 Å². The molecule has 1 heterocycles. The Hall–Kier alpha value is -3.16. The first-order valence-electron chi connectivity index (χ1n) is 8.42. The average molecular weight is 344 g/mol. The third-order valence-electron chi connectivity index (χ3n) is 4.57. The second-order valence-corrected chi connectivity index (χ2v) is 6.10. The molecule has 3 rings (SSSR count). The van der Waals surface area contributed by atoms with Crippen LogP contribution >= 0.6 is 0 Å². The monoisotopic (exact) mass is 344 g/mol. The molecule has 0 aliphatic heterocycles. The van der Waals surface area contributed by atoms with E-state index >= 15 is 0 Å². The summed E-state index contributed by atoms with van der Waals surface area (Å²) < 4.78 is 5.78. The number of nitrogens with zero attached hydrogens (tertiary/aromatic N) is 2. The van der Waals surface area contributed by atoms with Gasteiger partial charge in [-0.25, -0.2) is 4.98 Å². The van der Waals surface area contributed by atoms with Crippen molar-refractivity contribution in [2.75, 3.05) is 0 Å². The Bertz CT molecular complexity index is 974. The van der Waals surface area contributed by atoms with Crippen LogP contribution in [0.2, 0.25) is 0 Å². The number of benzene rings is 2. The highest BCUT2D eigenvalue weighted by Crippen LogP contribution is 2.30. The molecule has 26 heavy (non-hydrogen) atoms. The predicted molar refractivity (Wildman–Crippen MR) is 101 cm³/mol. The molecule has 0 radical (unpaired) electrons. The van der Waals surface area contributed by atoms with Crippen LogP contribution in [0, 0.1) is 25.2 Å². The summed E-state index contributed by atoms with van der Waals surface area (Å²) in [5.74, 6) is 0.437. The van der Waals surface area contributed by atoms with E-state index in [0.29, 0.717) is 18.2 Å². The van der Waals surface area contributed by atoms with Crippen LogP contribution in [0.1, 0.15) is 27.9 Å². The molecule has 3 aromatic rings. The van der Waals surface area contributed by atoms with Gasteiger partial charge in [0.1, 0.15) is 18.4 Å². The fourth-order valence-electron chi connectivity index (χ4n) is 2.99. The Morgan fingerprint density at radius 3 is 2.19 bits per heavy atom. The molecule has 130 valence electrons. The maximum Gasteiger partial charge on any atom is 0.214 e. The molecule has 0 saturated heterocycles. The molecule has 0 aliphatic rings. The first kappa shape index (κ1) is 17.7. The Kier molecular flexibility index (Phi) is 5.31. The Morgan fingerprint density at radius 2 is 1.54 bits per heavy atom. The zero-order valence-corrected chi connectivity index (χ0v) is 14.9. The summed E-state index contributed by atoms with van der Waals surface area (Å²) in [6.45, 7) is 4.50. The third kappa shape index (κ3) is 3.58. The van der Waals surface area contributed by atoms with E-state index in [1.165, 1.54) is 0 Å². The van der Waals surface area contributed by atoms with Gasteiger partial charge in [0, 0.05) is 6.07 Å². The predicted octanol–water partition coefficient (Wildman–Crippen LogP) is 4.31. The van der Waals surface area contributed by atoms with Crippen molar-refractivity contribution in [3.05, 3.63) is 82.5 Å². The van der Waals surface area contributed by atoms with E-state index in [-0.39, 0.29) is 6.61 Å². The van der Waals surface area contributed by atoms with Crippen molar-refractivity contribution < 1.29 is 9.84 Å². The maximum absolute atomic E-state index is 9.52. The van der Waals surface area contributed by atoms with E-state index in [1.807, 2.05) is 37.3 Å². The molecule has 0 unspecified atom stereocenters. The summed E-state index contributed by atoms with van der Waals surface area (Å²) in [7, 11) is 0. The minimum Gasteiger partial charge on any atom is -0.473 e. The molecule has 1 aromatic heterocycles. The van der Waals surface area contributed by atoms with Gasteiger partial charge in [-0.3, -0.25) is 0 Å². The Balaban J connectivity index is 1.89. The standard InChI is InChI=1S/C22H20N2O2/c1-15-17(13-25)6-3-9-20(15)21-10-4-7-18(16(21)2)14-26-22-11-5-8-19(12-23)24-22/h3-11,25H,13-14H2,1-2H3. The van der Waals surface area contributed by atoms with Gasteiger partial charge in [-0.2, -0.15) is 5.26 Å². The quantitative estimate of drug-likeness (QED) is 0.749. The number of rotatable bonds is 5. The van der Waals surface area contributed by atoms with Crippen LogP contribution in [0.15, 0.2) is 54.6 Å². The van der Waals surface area contributed by atoms with Gasteiger partial charge in [-0.1, -0.05) is 42.5 Å². The van der Waals surface area contributed by atoms with Gasteiger partial charge in [-0.05, 0) is 53.3 Å². The molecule has 0 bridgehead atoms. The van der Waals surface area contributed by atoms with Crippen molar-refractivity contribution in [1.82, 2.24) is 4.98 Å². The highest BCUT2D eigenvalue weighted by atomic mass is 16.5. The second kappa shape index (κ2) is 7.81. The molecular formula is C22H20N2O2. The first-order chi connectivity index (χ1) is 12.6. The largest absolute Gasteiger partial charge is 0.473 e. The maximum atomic E-state index is 9.52. The minimum absolute atomic E-state index is 0.0302. The van der Waals surface area contributed by atoms with E-state index in [4.69, 9.17) is 10.00 Å². The molecular weight excluding hydrogens is 324 g/mol. The van der Waals surface area contributed by atoms with Gasteiger partial charge in [0.05, 0.1) is 6.61 Å². The summed E-state index contributed by atoms with van der Waals surface area (Å²) >= 11 is 0. The lowest BCUT2D eigenvalue weighted by Gasteiger charge is -2.15. The van der Waals surface area contributed by atoms with Gasteiger partial charge in [0.2, 0.25) is 5.88 Å². The zero-order chi connectivity index (χ0) is 18.5. The summed E-state index contributed by atoms with van der Waals surface area (Å²) in [5, 5.41) is 18.5. The fraction of sp³-hybridized carbons (Fsp3) is 0.182. The minimum atomic E-state index is 0.0302. The zero-order valence-electron chi connectivity index (χ0n) is 14.9. The highest BCUT2D eigenvalue weighted by molar-refractivity contribution is 5.72. The van der Waals surface area contributed by atoms with Crippen molar-refractivity contribution in [2.24, 2.45) is 0 Å². The van der Waals surface area contributed by atoms with Crippen LogP contribution in [0.4, 0.5) is 0 Å². The summed E-state index contributed by atoms with van der Waals surface area (Å²) in [4.78, 5) is 4.14. The van der Waals surface area contributed by atoms with E-state index < -0.39 is 0 Å². The van der Waals surface area contributed by atoms with E-state index in [1.54, 1.807) is 18.2 Å². The molecule has 0 fully saturated rings. The number of nitriles is 1. The Morgan fingerprint density at radius 1 is 0.923 bits per heavy atom. The van der Waals surface area contributed by atoms with Gasteiger partial charge in [0.25, 0.3) is 0 Å². The summed E-state index contributed by atoms with van der Waals surface area (Å²) in [6, 6.07) is 19.3. The smallest absolute Gasteiger partial charge is 0.214 e. The number of ether oxygens (including phenoxy) is 1. The number of hydrogen-bond donors (Lipinski definition) is 1. The average Bonchev–Trinajstić information content (AvgIpc) is 2.68. The van der Waals surface area contributed by atoms with Crippen LogP contribution in [-0.2, 0) is 13.2 Å². The molecule has 0 saturated carbocycles. The summed E-state index contributed by atoms with van der Waals surface area (Å²) in [6.07, 6.45) is 0. The van der Waals surface area contributed by atoms with Crippen LogP contribution < -0.4 is 4.74 Å². The molecule has 4 nitrogen and oxygen atoms in total. The molecule has 2 aromatic carbocycles. The molecule has 0 aliphatic carbocycles. The normalized spacial score (nSPS) is 10.4. The van der Waals surface area contributed by atoms with E-state index in [0.717, 1.165) is 33.4 Å². The molecule has 1 N–H and O–H groups in total. The molecule has 0 spiro atoms. The molecule has 0 atom stereocenters. The highest BCUT2D eigenvalue weighted by Gasteiger charge is 2.11. The van der Waals surface area contributed by atoms with E-state index in [2.05, 4.69) is 24.0 Å². The fourth-order valence-corrected chi connectivity index (χ4v) is 2.99. The van der Waals surface area contributed by atoms with E-state index in [9.17, 15) is 5.11 Å². The van der Waals surface area contributed by atoms with Crippen molar-refractivity contribution in [1.29, 1.82) is 5.26 Å². The summed E-state index contributed by atoms with van der Waals surface area (Å²) in [5.41, 5.74) is 6.77. The SMILES string of the molecule is Cc1c(CO)cccc1-c1cccc(COc2cccc(C#N)n2)c1C. The molecule has 4 heteroatoms.